The van der Waals surface area contributed by atoms with E-state index in [1.165, 1.54) is 0 Å². The van der Waals surface area contributed by atoms with Crippen LogP contribution in [0.4, 0.5) is 5.82 Å². The molecule has 27 heavy (non-hydrogen) atoms. The smallest absolute Gasteiger partial charge is 0.252 e. The molecule has 1 N–H and O–H groups in total. The van der Waals surface area contributed by atoms with Crippen LogP contribution in [0.25, 0.3) is 5.95 Å². The van der Waals surface area contributed by atoms with E-state index in [1.54, 1.807) is 23.1 Å². The molecule has 3 aromatic rings. The summed E-state index contributed by atoms with van der Waals surface area (Å²) in [6, 6.07) is 9.66. The molecule has 2 aromatic heterocycles. The number of carbonyl (C=O) groups excluding carboxylic acids is 1. The van der Waals surface area contributed by atoms with Crippen LogP contribution in [0.15, 0.2) is 42.7 Å². The van der Waals surface area contributed by atoms with Gasteiger partial charge in [0.1, 0.15) is 11.6 Å². The van der Waals surface area contributed by atoms with E-state index in [2.05, 4.69) is 20.4 Å². The summed E-state index contributed by atoms with van der Waals surface area (Å²) in [5.74, 6) is 1.71. The molecular formula is C20H21N5O2. The summed E-state index contributed by atoms with van der Waals surface area (Å²) in [4.78, 5) is 21.0. The Labute approximate surface area is 157 Å². The van der Waals surface area contributed by atoms with Gasteiger partial charge in [-0.3, -0.25) is 4.79 Å². The highest BCUT2D eigenvalue weighted by Crippen LogP contribution is 2.40. The van der Waals surface area contributed by atoms with Gasteiger partial charge in [-0.1, -0.05) is 12.1 Å². The number of benzene rings is 1. The maximum atomic E-state index is 12.4. The highest BCUT2D eigenvalue weighted by Gasteiger charge is 2.33. The Morgan fingerprint density at radius 1 is 1.22 bits per heavy atom. The molecule has 7 heteroatoms. The summed E-state index contributed by atoms with van der Waals surface area (Å²) in [7, 11) is 0. The van der Waals surface area contributed by atoms with E-state index in [-0.39, 0.29) is 17.9 Å². The summed E-state index contributed by atoms with van der Waals surface area (Å²) >= 11 is 0. The SMILES string of the molecule is Cc1nn(-c2ncccn2)c2c1C(c1cccc(OC(C)C)c1)CC(=O)N2. The van der Waals surface area contributed by atoms with Gasteiger partial charge in [0.2, 0.25) is 5.91 Å². The van der Waals surface area contributed by atoms with Gasteiger partial charge >= 0.3 is 0 Å². The van der Waals surface area contributed by atoms with Crippen molar-refractivity contribution in [1.82, 2.24) is 19.7 Å². The van der Waals surface area contributed by atoms with Crippen LogP contribution in [0.3, 0.4) is 0 Å². The second-order valence-electron chi connectivity index (χ2n) is 6.85. The minimum Gasteiger partial charge on any atom is -0.491 e. The molecule has 0 bridgehead atoms. The predicted octanol–water partition coefficient (Wildman–Crippen LogP) is 3.23. The van der Waals surface area contributed by atoms with Crippen LogP contribution < -0.4 is 10.1 Å². The molecular weight excluding hydrogens is 342 g/mol. The first-order valence-corrected chi connectivity index (χ1v) is 8.96. The number of aryl methyl sites for hydroxylation is 1. The van der Waals surface area contributed by atoms with Gasteiger partial charge in [0.25, 0.3) is 5.95 Å². The fourth-order valence-corrected chi connectivity index (χ4v) is 3.45. The lowest BCUT2D eigenvalue weighted by molar-refractivity contribution is -0.116. The Morgan fingerprint density at radius 3 is 2.74 bits per heavy atom. The first-order chi connectivity index (χ1) is 13.0. The predicted molar refractivity (Wildman–Crippen MR) is 101 cm³/mol. The van der Waals surface area contributed by atoms with Crippen LogP contribution in [0.5, 0.6) is 5.75 Å². The number of nitrogens with one attached hydrogen (secondary N) is 1. The van der Waals surface area contributed by atoms with Crippen molar-refractivity contribution >= 4 is 11.7 Å². The zero-order chi connectivity index (χ0) is 19.0. The van der Waals surface area contributed by atoms with Gasteiger partial charge in [-0.25, -0.2) is 9.97 Å². The number of carbonyl (C=O) groups is 1. The van der Waals surface area contributed by atoms with Crippen molar-refractivity contribution in [1.29, 1.82) is 0 Å². The van der Waals surface area contributed by atoms with Gasteiger partial charge in [0.15, 0.2) is 0 Å². The fourth-order valence-electron chi connectivity index (χ4n) is 3.45. The summed E-state index contributed by atoms with van der Waals surface area (Å²) in [6.07, 6.45) is 3.76. The van der Waals surface area contributed by atoms with Crippen molar-refractivity contribution < 1.29 is 9.53 Å². The third-order valence-corrected chi connectivity index (χ3v) is 4.48. The van der Waals surface area contributed by atoms with Crippen molar-refractivity contribution in [2.75, 3.05) is 5.32 Å². The number of amides is 1. The van der Waals surface area contributed by atoms with Crippen molar-refractivity contribution in [3.8, 4) is 11.7 Å². The lowest BCUT2D eigenvalue weighted by atomic mass is 9.86. The standard InChI is InChI=1S/C20H21N5O2/c1-12(2)27-15-7-4-6-14(10-15)16-11-17(26)23-19-18(16)13(3)24-25(19)20-21-8-5-9-22-20/h4-10,12,16H,11H2,1-3H3,(H,23,26). The first-order valence-electron chi connectivity index (χ1n) is 8.96. The van der Waals surface area contributed by atoms with Crippen molar-refractivity contribution in [3.05, 3.63) is 59.5 Å². The number of hydrogen-bond acceptors (Lipinski definition) is 5. The molecule has 3 heterocycles. The number of aromatic nitrogens is 4. The van der Waals surface area contributed by atoms with Crippen molar-refractivity contribution in [2.24, 2.45) is 0 Å². The average Bonchev–Trinajstić information content (AvgIpc) is 2.98. The second kappa shape index (κ2) is 6.83. The molecule has 0 fully saturated rings. The summed E-state index contributed by atoms with van der Waals surface area (Å²) in [5.41, 5.74) is 2.86. The molecule has 1 unspecified atom stereocenters. The number of rotatable bonds is 4. The van der Waals surface area contributed by atoms with Gasteiger partial charge in [0, 0.05) is 30.3 Å². The molecule has 1 atom stereocenters. The minimum absolute atomic E-state index is 0.0558. The van der Waals surface area contributed by atoms with E-state index < -0.39 is 0 Å². The van der Waals surface area contributed by atoms with Gasteiger partial charge in [0.05, 0.1) is 11.8 Å². The Balaban J connectivity index is 1.80. The monoisotopic (exact) mass is 363 g/mol. The van der Waals surface area contributed by atoms with Crippen LogP contribution in [-0.4, -0.2) is 31.8 Å². The van der Waals surface area contributed by atoms with E-state index in [0.717, 1.165) is 22.6 Å². The lowest BCUT2D eigenvalue weighted by Crippen LogP contribution is -2.25. The van der Waals surface area contributed by atoms with Crippen LogP contribution in [0, 0.1) is 6.92 Å². The molecule has 138 valence electrons. The molecule has 0 saturated heterocycles. The van der Waals surface area contributed by atoms with E-state index in [9.17, 15) is 4.79 Å². The quantitative estimate of drug-likeness (QED) is 0.769. The van der Waals surface area contributed by atoms with Gasteiger partial charge < -0.3 is 10.1 Å². The van der Waals surface area contributed by atoms with E-state index >= 15 is 0 Å². The van der Waals surface area contributed by atoms with E-state index in [1.807, 2.05) is 45.0 Å². The molecule has 0 aliphatic carbocycles. The zero-order valence-electron chi connectivity index (χ0n) is 15.5. The van der Waals surface area contributed by atoms with Gasteiger partial charge in [-0.2, -0.15) is 9.78 Å². The number of anilines is 1. The maximum Gasteiger partial charge on any atom is 0.252 e. The summed E-state index contributed by atoms with van der Waals surface area (Å²) in [5, 5.41) is 7.53. The van der Waals surface area contributed by atoms with Crippen LogP contribution >= 0.6 is 0 Å². The minimum atomic E-state index is -0.0954. The molecule has 1 aliphatic heterocycles. The third-order valence-electron chi connectivity index (χ3n) is 4.48. The first kappa shape index (κ1) is 17.2. The maximum absolute atomic E-state index is 12.4. The lowest BCUT2D eigenvalue weighted by Gasteiger charge is -2.24. The number of nitrogens with zero attached hydrogens (tertiary/aromatic N) is 4. The van der Waals surface area contributed by atoms with Crippen LogP contribution in [0.2, 0.25) is 0 Å². The Bertz CT molecular complexity index is 981. The molecule has 7 nitrogen and oxygen atoms in total. The van der Waals surface area contributed by atoms with Crippen LogP contribution in [-0.2, 0) is 4.79 Å². The molecule has 1 aliphatic rings. The van der Waals surface area contributed by atoms with Crippen molar-refractivity contribution in [3.63, 3.8) is 0 Å². The van der Waals surface area contributed by atoms with Crippen molar-refractivity contribution in [2.45, 2.75) is 39.2 Å². The Hall–Kier alpha value is -3.22. The second-order valence-corrected chi connectivity index (χ2v) is 6.85. The fraction of sp³-hybridized carbons (Fsp3) is 0.300. The summed E-state index contributed by atoms with van der Waals surface area (Å²) < 4.78 is 7.42. The largest absolute Gasteiger partial charge is 0.491 e. The summed E-state index contributed by atoms with van der Waals surface area (Å²) in [6.45, 7) is 5.93. The van der Waals surface area contributed by atoms with E-state index in [4.69, 9.17) is 4.74 Å². The van der Waals surface area contributed by atoms with Crippen LogP contribution in [0.1, 0.15) is 43.0 Å². The molecule has 1 aromatic carbocycles. The molecule has 0 saturated carbocycles. The zero-order valence-corrected chi connectivity index (χ0v) is 15.5. The highest BCUT2D eigenvalue weighted by molar-refractivity contribution is 5.95. The van der Waals surface area contributed by atoms with E-state index in [0.29, 0.717) is 18.2 Å². The Morgan fingerprint density at radius 2 is 2.00 bits per heavy atom. The van der Waals surface area contributed by atoms with Gasteiger partial charge in [-0.15, -0.1) is 0 Å². The number of ether oxygens (including phenoxy) is 1. The topological polar surface area (TPSA) is 81.9 Å². The molecule has 4 rings (SSSR count). The average molecular weight is 363 g/mol. The Kier molecular flexibility index (Phi) is 4.35. The third kappa shape index (κ3) is 3.28. The number of fused-ring (bicyclic) bond motifs is 1. The highest BCUT2D eigenvalue weighted by atomic mass is 16.5. The molecule has 0 spiro atoms. The number of hydrogen-bond donors (Lipinski definition) is 1. The normalized spacial score (nSPS) is 16.1. The molecule has 0 radical (unpaired) electrons. The van der Waals surface area contributed by atoms with Gasteiger partial charge in [-0.05, 0) is 44.5 Å². The molecule has 1 amide bonds.